The van der Waals surface area contributed by atoms with Crippen molar-refractivity contribution in [2.75, 3.05) is 18.5 Å². The number of carboxylic acids is 1. The highest BCUT2D eigenvalue weighted by Crippen LogP contribution is 2.50. The van der Waals surface area contributed by atoms with Gasteiger partial charge in [0.05, 0.1) is 18.9 Å². The molecule has 1 aromatic heterocycles. The normalized spacial score (nSPS) is 15.0. The summed E-state index contributed by atoms with van der Waals surface area (Å²) in [6.07, 6.45) is 1.02. The van der Waals surface area contributed by atoms with Crippen molar-refractivity contribution in [3.63, 3.8) is 0 Å². The summed E-state index contributed by atoms with van der Waals surface area (Å²) < 4.78 is 25.5. The second kappa shape index (κ2) is 9.62. The fraction of sp³-hybridized carbons (Fsp3) is 0.280. The van der Waals surface area contributed by atoms with E-state index < -0.39 is 11.8 Å². The molecule has 2 heterocycles. The molecule has 3 aromatic rings. The molecule has 0 bridgehead atoms. The molecule has 0 saturated carbocycles. The quantitative estimate of drug-likeness (QED) is 0.428. The number of hydrogen-bond donors (Lipinski definition) is 2. The third kappa shape index (κ3) is 4.57. The number of fused-ring (bicyclic) bond motifs is 1. The minimum absolute atomic E-state index is 0.0609. The minimum Gasteiger partial charge on any atom is -0.490 e. The van der Waals surface area contributed by atoms with Crippen molar-refractivity contribution in [1.82, 2.24) is 0 Å². The van der Waals surface area contributed by atoms with Gasteiger partial charge >= 0.3 is 5.97 Å². The lowest BCUT2D eigenvalue weighted by molar-refractivity contribution is -0.116. The predicted molar refractivity (Wildman–Crippen MR) is 125 cm³/mol. The van der Waals surface area contributed by atoms with Crippen LogP contribution in [0.4, 0.5) is 10.1 Å². The fourth-order valence-electron chi connectivity index (χ4n) is 3.97. The van der Waals surface area contributed by atoms with E-state index in [1.165, 1.54) is 18.2 Å². The highest BCUT2D eigenvalue weighted by Gasteiger charge is 2.35. The van der Waals surface area contributed by atoms with E-state index in [2.05, 4.69) is 5.32 Å². The van der Waals surface area contributed by atoms with Gasteiger partial charge in [-0.05, 0) is 48.7 Å². The van der Waals surface area contributed by atoms with Crippen LogP contribution in [0.25, 0.3) is 11.1 Å². The second-order valence-corrected chi connectivity index (χ2v) is 8.71. The van der Waals surface area contributed by atoms with Crippen LogP contribution in [0.1, 0.15) is 52.7 Å². The Balaban J connectivity index is 1.84. The summed E-state index contributed by atoms with van der Waals surface area (Å²) in [5.74, 6) is -0.994. The summed E-state index contributed by atoms with van der Waals surface area (Å²) in [5.41, 5.74) is 1.98. The van der Waals surface area contributed by atoms with Gasteiger partial charge in [-0.2, -0.15) is 0 Å². The Hall–Kier alpha value is -3.39. The van der Waals surface area contributed by atoms with E-state index in [1.807, 2.05) is 32.0 Å². The maximum atomic E-state index is 13.9. The van der Waals surface area contributed by atoms with Crippen LogP contribution in [0.3, 0.4) is 0 Å². The molecule has 2 N–H and O–H groups in total. The van der Waals surface area contributed by atoms with Crippen molar-refractivity contribution in [1.29, 1.82) is 0 Å². The molecule has 1 aliphatic heterocycles. The molecule has 1 aliphatic rings. The first-order valence-corrected chi connectivity index (χ1v) is 11.6. The molecule has 1 amide bonds. The van der Waals surface area contributed by atoms with Gasteiger partial charge in [0.25, 0.3) is 0 Å². The lowest BCUT2D eigenvalue weighted by Gasteiger charge is -2.24. The maximum absolute atomic E-state index is 13.9. The van der Waals surface area contributed by atoms with Crippen molar-refractivity contribution in [2.45, 2.75) is 32.6 Å². The van der Waals surface area contributed by atoms with Gasteiger partial charge in [-0.25, -0.2) is 9.18 Å². The van der Waals surface area contributed by atoms with Gasteiger partial charge in [0.1, 0.15) is 10.7 Å². The molecule has 0 radical (unpaired) electrons. The number of halogens is 1. The van der Waals surface area contributed by atoms with Crippen molar-refractivity contribution < 1.29 is 28.6 Å². The number of ether oxygens (including phenoxy) is 2. The molecule has 0 spiro atoms. The van der Waals surface area contributed by atoms with Gasteiger partial charge in [-0.1, -0.05) is 25.1 Å². The Morgan fingerprint density at radius 2 is 2.00 bits per heavy atom. The standard InChI is InChI=1S/C25H24FNO5S/c1-3-10-32-18-9-8-14(12-19(18)31-4-2)17-13-20(28)27-22-21(15-6-5-7-16(26)11-15)24(25(29)30)33-23(17)22/h5-9,11-12,17H,3-4,10,13H2,1-2H3,(H,27,28)(H,29,30)/t17-/m1/s1. The summed E-state index contributed by atoms with van der Waals surface area (Å²) in [6, 6.07) is 11.3. The number of anilines is 1. The largest absolute Gasteiger partial charge is 0.490 e. The first kappa shape index (κ1) is 22.8. The number of rotatable bonds is 8. The van der Waals surface area contributed by atoms with E-state index in [9.17, 15) is 19.1 Å². The van der Waals surface area contributed by atoms with Crippen LogP contribution in [0, 0.1) is 5.82 Å². The van der Waals surface area contributed by atoms with E-state index >= 15 is 0 Å². The molecule has 0 unspecified atom stereocenters. The van der Waals surface area contributed by atoms with E-state index in [0.29, 0.717) is 41.5 Å². The fourth-order valence-corrected chi connectivity index (χ4v) is 5.21. The molecular formula is C25H24FNO5S. The number of carbonyl (C=O) groups is 2. The van der Waals surface area contributed by atoms with Crippen molar-refractivity contribution in [2.24, 2.45) is 0 Å². The molecule has 0 saturated heterocycles. The summed E-state index contributed by atoms with van der Waals surface area (Å²) >= 11 is 1.10. The molecule has 4 rings (SSSR count). The van der Waals surface area contributed by atoms with Gasteiger partial charge < -0.3 is 19.9 Å². The molecule has 6 nitrogen and oxygen atoms in total. The van der Waals surface area contributed by atoms with Gasteiger partial charge in [0, 0.05) is 22.8 Å². The number of nitrogens with one attached hydrogen (secondary N) is 1. The maximum Gasteiger partial charge on any atom is 0.346 e. The van der Waals surface area contributed by atoms with Gasteiger partial charge in [-0.3, -0.25) is 4.79 Å². The molecular weight excluding hydrogens is 445 g/mol. The van der Waals surface area contributed by atoms with Crippen molar-refractivity contribution >= 4 is 28.9 Å². The molecule has 1 atom stereocenters. The molecule has 8 heteroatoms. The van der Waals surface area contributed by atoms with Crippen LogP contribution >= 0.6 is 11.3 Å². The Morgan fingerprint density at radius 3 is 2.70 bits per heavy atom. The number of carboxylic acid groups (broad SMARTS) is 1. The van der Waals surface area contributed by atoms with E-state index in [-0.39, 0.29) is 23.1 Å². The molecule has 172 valence electrons. The highest BCUT2D eigenvalue weighted by molar-refractivity contribution is 7.15. The molecule has 2 aromatic carbocycles. The molecule has 0 aliphatic carbocycles. The first-order valence-electron chi connectivity index (χ1n) is 10.8. The van der Waals surface area contributed by atoms with Crippen LogP contribution < -0.4 is 14.8 Å². The van der Waals surface area contributed by atoms with E-state index in [4.69, 9.17) is 9.47 Å². The highest BCUT2D eigenvalue weighted by atomic mass is 32.1. The number of hydrogen-bond acceptors (Lipinski definition) is 5. The van der Waals surface area contributed by atoms with Crippen LogP contribution in [-0.2, 0) is 4.79 Å². The number of carbonyl (C=O) groups excluding carboxylic acids is 1. The number of benzene rings is 2. The van der Waals surface area contributed by atoms with Gasteiger partial charge in [0.15, 0.2) is 11.5 Å². The summed E-state index contributed by atoms with van der Waals surface area (Å²) in [5, 5.41) is 12.7. The predicted octanol–water partition coefficient (Wildman–Crippen LogP) is 5.91. The SMILES string of the molecule is CCCOc1ccc([C@H]2CC(=O)Nc3c2sc(C(=O)O)c3-c2cccc(F)c2)cc1OCC. The number of amides is 1. The minimum atomic E-state index is -1.13. The molecule has 0 fully saturated rings. The van der Waals surface area contributed by atoms with E-state index in [0.717, 1.165) is 28.2 Å². The molecule has 33 heavy (non-hydrogen) atoms. The zero-order chi connectivity index (χ0) is 23.5. The zero-order valence-corrected chi connectivity index (χ0v) is 19.1. The average molecular weight is 470 g/mol. The van der Waals surface area contributed by atoms with Crippen molar-refractivity contribution in [3.8, 4) is 22.6 Å². The van der Waals surface area contributed by atoms with Gasteiger partial charge in [-0.15, -0.1) is 11.3 Å². The Kier molecular flexibility index (Phi) is 6.65. The lowest BCUT2D eigenvalue weighted by atomic mass is 9.88. The van der Waals surface area contributed by atoms with E-state index in [1.54, 1.807) is 6.07 Å². The monoisotopic (exact) mass is 469 g/mol. The van der Waals surface area contributed by atoms with Crippen LogP contribution in [0.5, 0.6) is 11.5 Å². The Morgan fingerprint density at radius 1 is 1.18 bits per heavy atom. The van der Waals surface area contributed by atoms with Gasteiger partial charge in [0.2, 0.25) is 5.91 Å². The lowest BCUT2D eigenvalue weighted by Crippen LogP contribution is -2.22. The third-order valence-corrected chi connectivity index (χ3v) is 6.64. The Labute approximate surface area is 195 Å². The average Bonchev–Trinajstić information content (AvgIpc) is 3.17. The summed E-state index contributed by atoms with van der Waals surface area (Å²) in [6.45, 7) is 4.91. The number of aromatic carboxylic acids is 1. The smallest absolute Gasteiger partial charge is 0.346 e. The van der Waals surface area contributed by atoms with Crippen molar-refractivity contribution in [3.05, 3.63) is 63.6 Å². The van der Waals surface area contributed by atoms with Crippen LogP contribution in [0.2, 0.25) is 0 Å². The summed E-state index contributed by atoms with van der Waals surface area (Å²) in [7, 11) is 0. The summed E-state index contributed by atoms with van der Waals surface area (Å²) in [4.78, 5) is 25.5. The van der Waals surface area contributed by atoms with Crippen LogP contribution in [-0.4, -0.2) is 30.2 Å². The zero-order valence-electron chi connectivity index (χ0n) is 18.3. The van der Waals surface area contributed by atoms with Crippen LogP contribution in [0.15, 0.2) is 42.5 Å². The second-order valence-electron chi connectivity index (χ2n) is 7.65. The topological polar surface area (TPSA) is 84.9 Å². The first-order chi connectivity index (χ1) is 15.9. The Bertz CT molecular complexity index is 1210. The number of thiophene rings is 1. The third-order valence-electron chi connectivity index (χ3n) is 5.35.